The van der Waals surface area contributed by atoms with E-state index >= 15 is 0 Å². The second-order valence-corrected chi connectivity index (χ2v) is 3.11. The van der Waals surface area contributed by atoms with Crippen molar-refractivity contribution in [3.05, 3.63) is 60.3 Å². The maximum atomic E-state index is 3.63. The summed E-state index contributed by atoms with van der Waals surface area (Å²) in [7, 11) is 0. The van der Waals surface area contributed by atoms with Crippen LogP contribution in [0.4, 0.5) is 0 Å². The molecule has 1 aliphatic rings. The molecule has 1 rings (SSSR count). The molecule has 0 aliphatic heterocycles. The first-order valence-corrected chi connectivity index (χ1v) is 4.67. The van der Waals surface area contributed by atoms with E-state index in [0.29, 0.717) is 0 Å². The lowest BCUT2D eigenvalue weighted by Gasteiger charge is -2.05. The fourth-order valence-corrected chi connectivity index (χ4v) is 1.28. The first-order chi connectivity index (χ1) is 6.34. The van der Waals surface area contributed by atoms with E-state index in [4.69, 9.17) is 0 Å². The monoisotopic (exact) mass is 172 g/mol. The van der Waals surface area contributed by atoms with Crippen molar-refractivity contribution in [1.29, 1.82) is 0 Å². The maximum absolute atomic E-state index is 3.63. The molecular formula is C13H16. The topological polar surface area (TPSA) is 0 Å². The molecule has 1 aliphatic carbocycles. The molecule has 13 heavy (non-hydrogen) atoms. The van der Waals surface area contributed by atoms with Crippen molar-refractivity contribution in [1.82, 2.24) is 0 Å². The summed E-state index contributed by atoms with van der Waals surface area (Å²) in [4.78, 5) is 0. The largest absolute Gasteiger partial charge is 0.0991 e. The van der Waals surface area contributed by atoms with Crippen molar-refractivity contribution in [2.24, 2.45) is 0 Å². The molecule has 0 nitrogen and oxygen atoms in total. The number of hydrogen-bond acceptors (Lipinski definition) is 0. The summed E-state index contributed by atoms with van der Waals surface area (Å²) in [5, 5.41) is 0. The molecule has 0 heteroatoms. The van der Waals surface area contributed by atoms with Crippen LogP contribution in [0.25, 0.3) is 0 Å². The maximum Gasteiger partial charge on any atom is -0.0270 e. The van der Waals surface area contributed by atoms with Gasteiger partial charge in [-0.3, -0.25) is 0 Å². The molecule has 0 fully saturated rings. The smallest absolute Gasteiger partial charge is 0.0270 e. The summed E-state index contributed by atoms with van der Waals surface area (Å²) in [5.41, 5.74) is 2.66. The molecule has 0 aromatic carbocycles. The van der Waals surface area contributed by atoms with Gasteiger partial charge in [-0.15, -0.1) is 0 Å². The molecule has 0 radical (unpaired) electrons. The summed E-state index contributed by atoms with van der Waals surface area (Å²) in [5.74, 6) is 0. The Hall–Kier alpha value is -1.30. The lowest BCUT2D eigenvalue weighted by atomic mass is 10.0. The zero-order chi connectivity index (χ0) is 9.52. The van der Waals surface area contributed by atoms with E-state index in [2.05, 4.69) is 37.8 Å². The molecule has 0 saturated carbocycles. The van der Waals surface area contributed by atoms with E-state index in [9.17, 15) is 0 Å². The average Bonchev–Trinajstić information content (AvgIpc) is 2.19. The van der Waals surface area contributed by atoms with Crippen molar-refractivity contribution in [2.45, 2.75) is 19.8 Å². The Morgan fingerprint density at radius 3 is 2.85 bits per heavy atom. The summed E-state index contributed by atoms with van der Waals surface area (Å²) in [6.45, 7) is 5.76. The third kappa shape index (κ3) is 3.29. The molecular weight excluding hydrogens is 156 g/mol. The highest BCUT2D eigenvalue weighted by molar-refractivity contribution is 5.41. The molecule has 0 aromatic heterocycles. The molecule has 0 spiro atoms. The van der Waals surface area contributed by atoms with Gasteiger partial charge in [-0.25, -0.2) is 0 Å². The second kappa shape index (κ2) is 5.36. The summed E-state index contributed by atoms with van der Waals surface area (Å²) < 4.78 is 0. The quantitative estimate of drug-likeness (QED) is 0.565. The van der Waals surface area contributed by atoms with Gasteiger partial charge in [0.2, 0.25) is 0 Å². The lowest BCUT2D eigenvalue weighted by molar-refractivity contribution is 1.02. The third-order valence-corrected chi connectivity index (χ3v) is 2.04. The molecule has 0 atom stereocenters. The predicted octanol–water partition coefficient (Wildman–Crippen LogP) is 3.95. The minimum atomic E-state index is 1.17. The highest BCUT2D eigenvalue weighted by atomic mass is 14.0. The van der Waals surface area contributed by atoms with Crippen LogP contribution in [0.5, 0.6) is 0 Å². The van der Waals surface area contributed by atoms with Crippen LogP contribution in [0.15, 0.2) is 60.3 Å². The van der Waals surface area contributed by atoms with Gasteiger partial charge in [0.15, 0.2) is 0 Å². The molecule has 0 aromatic rings. The van der Waals surface area contributed by atoms with Crippen LogP contribution in [0.2, 0.25) is 0 Å². The second-order valence-electron chi connectivity index (χ2n) is 3.11. The highest BCUT2D eigenvalue weighted by Gasteiger charge is 1.97. The zero-order valence-electron chi connectivity index (χ0n) is 8.16. The van der Waals surface area contributed by atoms with Crippen molar-refractivity contribution in [3.8, 4) is 0 Å². The zero-order valence-corrected chi connectivity index (χ0v) is 8.16. The molecule has 68 valence electrons. The molecule has 0 bridgehead atoms. The number of hydrogen-bond donors (Lipinski definition) is 0. The Labute approximate surface area is 80.7 Å². The Morgan fingerprint density at radius 1 is 1.38 bits per heavy atom. The van der Waals surface area contributed by atoms with Gasteiger partial charge >= 0.3 is 0 Å². The molecule has 0 unspecified atom stereocenters. The van der Waals surface area contributed by atoms with Gasteiger partial charge in [0.05, 0.1) is 0 Å². The SMILES string of the molecule is C=C/C=C\C=C(/C)C1=CCCC=C1. The lowest BCUT2D eigenvalue weighted by Crippen LogP contribution is -1.85. The van der Waals surface area contributed by atoms with E-state index in [1.807, 2.05) is 12.2 Å². The van der Waals surface area contributed by atoms with E-state index in [0.717, 1.165) is 0 Å². The standard InChI is InChI=1S/C13H16/c1-3-4-6-9-12(2)13-10-7-5-8-11-13/h3-4,6-7,9-11H,1,5,8H2,2H3/b6-4-,12-9+. The van der Waals surface area contributed by atoms with Crippen molar-refractivity contribution in [2.75, 3.05) is 0 Å². The van der Waals surface area contributed by atoms with Crippen LogP contribution >= 0.6 is 0 Å². The van der Waals surface area contributed by atoms with E-state index in [1.165, 1.54) is 24.0 Å². The molecule has 0 amide bonds. The third-order valence-electron chi connectivity index (χ3n) is 2.04. The van der Waals surface area contributed by atoms with Crippen molar-refractivity contribution < 1.29 is 0 Å². The summed E-state index contributed by atoms with van der Waals surface area (Å²) in [6, 6.07) is 0. The minimum absolute atomic E-state index is 1.17. The van der Waals surface area contributed by atoms with Gasteiger partial charge in [0.1, 0.15) is 0 Å². The Kier molecular flexibility index (Phi) is 4.04. The van der Waals surface area contributed by atoms with Crippen LogP contribution in [0.3, 0.4) is 0 Å². The predicted molar refractivity (Wildman–Crippen MR) is 59.6 cm³/mol. The van der Waals surface area contributed by atoms with Crippen molar-refractivity contribution >= 4 is 0 Å². The first-order valence-electron chi connectivity index (χ1n) is 4.67. The van der Waals surface area contributed by atoms with Gasteiger partial charge in [0.25, 0.3) is 0 Å². The van der Waals surface area contributed by atoms with Crippen LogP contribution in [0, 0.1) is 0 Å². The minimum Gasteiger partial charge on any atom is -0.0991 e. The Morgan fingerprint density at radius 2 is 2.23 bits per heavy atom. The molecule has 0 N–H and O–H groups in total. The number of allylic oxidation sites excluding steroid dienone is 9. The van der Waals surface area contributed by atoms with Gasteiger partial charge in [0, 0.05) is 0 Å². The van der Waals surface area contributed by atoms with Gasteiger partial charge < -0.3 is 0 Å². The average molecular weight is 172 g/mol. The molecule has 0 saturated heterocycles. The van der Waals surface area contributed by atoms with Crippen molar-refractivity contribution in [3.63, 3.8) is 0 Å². The highest BCUT2D eigenvalue weighted by Crippen LogP contribution is 2.17. The van der Waals surface area contributed by atoms with Crippen LogP contribution in [-0.4, -0.2) is 0 Å². The van der Waals surface area contributed by atoms with E-state index in [1.54, 1.807) is 6.08 Å². The Balaban J connectivity index is 2.65. The fourth-order valence-electron chi connectivity index (χ4n) is 1.28. The summed E-state index contributed by atoms with van der Waals surface area (Å²) >= 11 is 0. The Bertz CT molecular complexity index is 285. The van der Waals surface area contributed by atoms with Crippen LogP contribution < -0.4 is 0 Å². The normalized spacial score (nSPS) is 17.6. The van der Waals surface area contributed by atoms with Gasteiger partial charge in [-0.2, -0.15) is 0 Å². The number of rotatable bonds is 3. The van der Waals surface area contributed by atoms with Gasteiger partial charge in [-0.1, -0.05) is 49.1 Å². The first kappa shape index (κ1) is 9.79. The van der Waals surface area contributed by atoms with Crippen LogP contribution in [-0.2, 0) is 0 Å². The molecule has 0 heterocycles. The van der Waals surface area contributed by atoms with Crippen LogP contribution in [0.1, 0.15) is 19.8 Å². The summed E-state index contributed by atoms with van der Waals surface area (Å²) in [6.07, 6.45) is 16.9. The van der Waals surface area contributed by atoms with E-state index < -0.39 is 0 Å². The van der Waals surface area contributed by atoms with Gasteiger partial charge in [-0.05, 0) is 30.9 Å². The fraction of sp³-hybridized carbons (Fsp3) is 0.231. The van der Waals surface area contributed by atoms with E-state index in [-0.39, 0.29) is 0 Å².